The lowest BCUT2D eigenvalue weighted by Gasteiger charge is -2.10. The van der Waals surface area contributed by atoms with E-state index < -0.39 is 0 Å². The van der Waals surface area contributed by atoms with Crippen molar-refractivity contribution in [3.63, 3.8) is 0 Å². The van der Waals surface area contributed by atoms with Gasteiger partial charge in [-0.15, -0.1) is 0 Å². The highest BCUT2D eigenvalue weighted by Crippen LogP contribution is 2.22. The third-order valence-corrected chi connectivity index (χ3v) is 2.81. The third-order valence-electron chi connectivity index (χ3n) is 2.81. The minimum absolute atomic E-state index is 0.582. The van der Waals surface area contributed by atoms with Crippen LogP contribution in [0.15, 0.2) is 36.4 Å². The summed E-state index contributed by atoms with van der Waals surface area (Å²) >= 11 is 0. The topological polar surface area (TPSA) is 9.23 Å². The van der Waals surface area contributed by atoms with Gasteiger partial charge in [0.25, 0.3) is 0 Å². The van der Waals surface area contributed by atoms with Gasteiger partial charge in [-0.05, 0) is 42.9 Å². The van der Waals surface area contributed by atoms with Gasteiger partial charge in [-0.2, -0.15) is 0 Å². The first-order valence-electron chi connectivity index (χ1n) is 6.65. The Balaban J connectivity index is 2.51. The summed E-state index contributed by atoms with van der Waals surface area (Å²) < 4.78 is 5.57. The van der Waals surface area contributed by atoms with Gasteiger partial charge in [-0.25, -0.2) is 0 Å². The number of benzene rings is 1. The summed E-state index contributed by atoms with van der Waals surface area (Å²) in [6, 6.07) is 8.50. The Morgan fingerprint density at radius 3 is 2.41 bits per heavy atom. The number of allylic oxidation sites excluding steroid dienone is 2. The fraction of sp³-hybridized carbons (Fsp3) is 0.500. The Hall–Kier alpha value is -1.24. The first-order chi connectivity index (χ1) is 8.27. The zero-order chi connectivity index (χ0) is 12.5. The van der Waals surface area contributed by atoms with E-state index in [-0.39, 0.29) is 0 Å². The lowest BCUT2D eigenvalue weighted by atomic mass is 9.97. The van der Waals surface area contributed by atoms with Gasteiger partial charge in [-0.3, -0.25) is 0 Å². The van der Waals surface area contributed by atoms with Crippen LogP contribution >= 0.6 is 0 Å². The van der Waals surface area contributed by atoms with E-state index in [4.69, 9.17) is 4.74 Å². The first kappa shape index (κ1) is 13.8. The van der Waals surface area contributed by atoms with Crippen LogP contribution in [0.4, 0.5) is 0 Å². The van der Waals surface area contributed by atoms with Crippen LogP contribution in [0.2, 0.25) is 0 Å². The van der Waals surface area contributed by atoms with Gasteiger partial charge >= 0.3 is 0 Å². The predicted molar refractivity (Wildman–Crippen MR) is 74.7 cm³/mol. The van der Waals surface area contributed by atoms with Crippen molar-refractivity contribution in [2.45, 2.75) is 46.0 Å². The highest BCUT2D eigenvalue weighted by atomic mass is 16.5. The first-order valence-corrected chi connectivity index (χ1v) is 6.65. The molecule has 1 unspecified atom stereocenters. The lowest BCUT2D eigenvalue weighted by Crippen LogP contribution is -1.96. The zero-order valence-electron chi connectivity index (χ0n) is 11.3. The molecule has 1 heteroatoms. The molecule has 94 valence electrons. The van der Waals surface area contributed by atoms with Gasteiger partial charge in [0.1, 0.15) is 5.75 Å². The van der Waals surface area contributed by atoms with Gasteiger partial charge in [0.15, 0.2) is 0 Å². The second-order valence-electron chi connectivity index (χ2n) is 4.43. The fourth-order valence-corrected chi connectivity index (χ4v) is 1.72. The second-order valence-corrected chi connectivity index (χ2v) is 4.43. The molecule has 0 aliphatic carbocycles. The van der Waals surface area contributed by atoms with Crippen LogP contribution < -0.4 is 4.74 Å². The van der Waals surface area contributed by atoms with Crippen molar-refractivity contribution in [1.82, 2.24) is 0 Å². The van der Waals surface area contributed by atoms with Crippen molar-refractivity contribution < 1.29 is 4.74 Å². The molecule has 0 N–H and O–H groups in total. The highest BCUT2D eigenvalue weighted by Gasteiger charge is 2.03. The minimum Gasteiger partial charge on any atom is -0.494 e. The van der Waals surface area contributed by atoms with Gasteiger partial charge in [0, 0.05) is 0 Å². The summed E-state index contributed by atoms with van der Waals surface area (Å²) in [4.78, 5) is 0. The van der Waals surface area contributed by atoms with E-state index in [1.54, 1.807) is 0 Å². The summed E-state index contributed by atoms with van der Waals surface area (Å²) in [5, 5.41) is 0. The smallest absolute Gasteiger partial charge is 0.119 e. The van der Waals surface area contributed by atoms with E-state index in [0.717, 1.165) is 31.6 Å². The van der Waals surface area contributed by atoms with Crippen LogP contribution in [-0.4, -0.2) is 6.61 Å². The van der Waals surface area contributed by atoms with Crippen LogP contribution in [0, 0.1) is 0 Å². The van der Waals surface area contributed by atoms with Crippen molar-refractivity contribution in [3.8, 4) is 5.75 Å². The molecule has 0 aliphatic rings. The molecule has 1 atom stereocenters. The molecule has 0 heterocycles. The van der Waals surface area contributed by atoms with E-state index in [2.05, 4.69) is 57.2 Å². The van der Waals surface area contributed by atoms with Crippen molar-refractivity contribution in [3.05, 3.63) is 42.0 Å². The summed E-state index contributed by atoms with van der Waals surface area (Å²) in [5.74, 6) is 1.56. The maximum absolute atomic E-state index is 5.57. The number of hydrogen-bond acceptors (Lipinski definition) is 1. The Morgan fingerprint density at radius 2 is 1.82 bits per heavy atom. The van der Waals surface area contributed by atoms with Gasteiger partial charge in [0.05, 0.1) is 6.61 Å². The standard InChI is InChI=1S/C16H24O/c1-4-6-7-8-14(3)15-9-11-16(12-10-15)17-13-5-2/h6-7,9-12,14H,4-5,8,13H2,1-3H3/b7-6-. The van der Waals surface area contributed by atoms with Crippen LogP contribution in [-0.2, 0) is 0 Å². The Bertz CT molecular complexity index is 324. The molecule has 1 aromatic rings. The molecule has 0 amide bonds. The van der Waals surface area contributed by atoms with Crippen LogP contribution in [0.1, 0.15) is 51.5 Å². The predicted octanol–water partition coefficient (Wildman–Crippen LogP) is 4.94. The summed E-state index contributed by atoms with van der Waals surface area (Å²) in [7, 11) is 0. The average Bonchev–Trinajstić information content (AvgIpc) is 2.37. The molecule has 0 spiro atoms. The molecule has 0 aromatic heterocycles. The highest BCUT2D eigenvalue weighted by molar-refractivity contribution is 5.29. The van der Waals surface area contributed by atoms with Crippen LogP contribution in [0.5, 0.6) is 5.75 Å². The maximum Gasteiger partial charge on any atom is 0.119 e. The monoisotopic (exact) mass is 232 g/mol. The molecular formula is C16H24O. The zero-order valence-corrected chi connectivity index (χ0v) is 11.3. The molecule has 0 bridgehead atoms. The van der Waals surface area contributed by atoms with E-state index in [9.17, 15) is 0 Å². The third kappa shape index (κ3) is 5.08. The molecular weight excluding hydrogens is 208 g/mol. The quantitative estimate of drug-likeness (QED) is 0.605. The second kappa shape index (κ2) is 7.94. The molecule has 0 saturated carbocycles. The Labute approximate surface area is 106 Å². The maximum atomic E-state index is 5.57. The summed E-state index contributed by atoms with van der Waals surface area (Å²) in [5.41, 5.74) is 1.38. The van der Waals surface area contributed by atoms with Crippen molar-refractivity contribution in [2.75, 3.05) is 6.61 Å². The van der Waals surface area contributed by atoms with E-state index in [1.807, 2.05) is 0 Å². The molecule has 0 aliphatic heterocycles. The van der Waals surface area contributed by atoms with Gasteiger partial charge in [0.2, 0.25) is 0 Å². The summed E-state index contributed by atoms with van der Waals surface area (Å²) in [6.07, 6.45) is 7.79. The molecule has 1 nitrogen and oxygen atoms in total. The number of hydrogen-bond donors (Lipinski definition) is 0. The van der Waals surface area contributed by atoms with Crippen LogP contribution in [0.25, 0.3) is 0 Å². The Kier molecular flexibility index (Phi) is 6.46. The van der Waals surface area contributed by atoms with Crippen LogP contribution in [0.3, 0.4) is 0 Å². The molecule has 1 aromatic carbocycles. The SMILES string of the molecule is CC/C=C\CC(C)c1ccc(OCCC)cc1. The number of ether oxygens (including phenoxy) is 1. The van der Waals surface area contributed by atoms with Crippen molar-refractivity contribution in [2.24, 2.45) is 0 Å². The van der Waals surface area contributed by atoms with Crippen molar-refractivity contribution >= 4 is 0 Å². The van der Waals surface area contributed by atoms with E-state index >= 15 is 0 Å². The van der Waals surface area contributed by atoms with Gasteiger partial charge < -0.3 is 4.74 Å². The summed E-state index contributed by atoms with van der Waals surface area (Å²) in [6.45, 7) is 7.35. The minimum atomic E-state index is 0.582. The molecule has 17 heavy (non-hydrogen) atoms. The largest absolute Gasteiger partial charge is 0.494 e. The van der Waals surface area contributed by atoms with E-state index in [1.165, 1.54) is 5.56 Å². The molecule has 1 rings (SSSR count). The molecule has 0 radical (unpaired) electrons. The molecule has 0 saturated heterocycles. The van der Waals surface area contributed by atoms with Crippen molar-refractivity contribution in [1.29, 1.82) is 0 Å². The van der Waals surface area contributed by atoms with Gasteiger partial charge in [-0.1, -0.05) is 45.1 Å². The number of rotatable bonds is 7. The lowest BCUT2D eigenvalue weighted by molar-refractivity contribution is 0.317. The molecule has 0 fully saturated rings. The normalized spacial score (nSPS) is 12.9. The Morgan fingerprint density at radius 1 is 1.12 bits per heavy atom. The van der Waals surface area contributed by atoms with E-state index in [0.29, 0.717) is 5.92 Å². The average molecular weight is 232 g/mol. The fourth-order valence-electron chi connectivity index (χ4n) is 1.72.